The molecule has 1 fully saturated rings. The van der Waals surface area contributed by atoms with E-state index >= 15 is 0 Å². The van der Waals surface area contributed by atoms with E-state index in [1.807, 2.05) is 18.2 Å². The van der Waals surface area contributed by atoms with Gasteiger partial charge in [0.1, 0.15) is 12.0 Å². The van der Waals surface area contributed by atoms with Gasteiger partial charge in [-0.3, -0.25) is 0 Å². The Bertz CT molecular complexity index is 393. The van der Waals surface area contributed by atoms with Crippen LogP contribution in [0.5, 0.6) is 0 Å². The molecule has 1 atom stereocenters. The van der Waals surface area contributed by atoms with Gasteiger partial charge in [0.15, 0.2) is 0 Å². The highest BCUT2D eigenvalue weighted by Crippen LogP contribution is 2.37. The highest BCUT2D eigenvalue weighted by molar-refractivity contribution is 6.03. The van der Waals surface area contributed by atoms with Crippen molar-refractivity contribution in [2.45, 2.75) is 19.0 Å². The second-order valence-electron chi connectivity index (χ2n) is 3.99. The zero-order chi connectivity index (χ0) is 9.54. The third-order valence-electron chi connectivity index (χ3n) is 2.85. The maximum atomic E-state index is 5.91. The first-order valence-corrected chi connectivity index (χ1v) is 5.04. The number of nitrogens with two attached hydrogens (primary N) is 1. The first-order valence-electron chi connectivity index (χ1n) is 5.04. The van der Waals surface area contributed by atoms with Crippen LogP contribution < -0.4 is 11.1 Å². The zero-order valence-corrected chi connectivity index (χ0v) is 7.90. The summed E-state index contributed by atoms with van der Waals surface area (Å²) in [5.74, 6) is 1.37. The summed E-state index contributed by atoms with van der Waals surface area (Å²) in [4.78, 5) is 4.47. The largest absolute Gasteiger partial charge is 0.383 e. The Hall–Kier alpha value is -1.51. The molecule has 1 aromatic rings. The average molecular weight is 187 g/mol. The Labute approximate surface area is 83.0 Å². The summed E-state index contributed by atoms with van der Waals surface area (Å²) in [5, 5.41) is 3.42. The van der Waals surface area contributed by atoms with E-state index in [1.165, 1.54) is 12.8 Å². The molecule has 1 unspecified atom stereocenters. The second-order valence-corrected chi connectivity index (χ2v) is 3.99. The quantitative estimate of drug-likeness (QED) is 0.701. The third kappa shape index (κ3) is 1.16. The van der Waals surface area contributed by atoms with Gasteiger partial charge in [0.25, 0.3) is 0 Å². The molecule has 1 heterocycles. The van der Waals surface area contributed by atoms with Gasteiger partial charge < -0.3 is 11.1 Å². The van der Waals surface area contributed by atoms with Gasteiger partial charge in [0, 0.05) is 11.3 Å². The molecule has 0 bridgehead atoms. The van der Waals surface area contributed by atoms with Crippen LogP contribution in [0.4, 0.5) is 5.69 Å². The smallest absolute Gasteiger partial charge is 0.130 e. The molecular formula is C11H13N3. The summed E-state index contributed by atoms with van der Waals surface area (Å²) in [6.45, 7) is 0. The van der Waals surface area contributed by atoms with E-state index in [4.69, 9.17) is 5.73 Å². The maximum Gasteiger partial charge on any atom is 0.130 e. The van der Waals surface area contributed by atoms with Crippen LogP contribution in [0, 0.1) is 5.92 Å². The van der Waals surface area contributed by atoms with Crippen molar-refractivity contribution in [2.24, 2.45) is 16.6 Å². The van der Waals surface area contributed by atoms with Crippen LogP contribution >= 0.6 is 0 Å². The Balaban J connectivity index is 2.00. The van der Waals surface area contributed by atoms with Crippen LogP contribution in [0.3, 0.4) is 0 Å². The second kappa shape index (κ2) is 2.74. The fraction of sp³-hybridized carbons (Fsp3) is 0.364. The van der Waals surface area contributed by atoms with Crippen molar-refractivity contribution in [2.75, 3.05) is 5.32 Å². The Morgan fingerprint density at radius 3 is 2.86 bits per heavy atom. The first-order chi connectivity index (χ1) is 6.84. The molecule has 1 aromatic carbocycles. The molecular weight excluding hydrogens is 174 g/mol. The highest BCUT2D eigenvalue weighted by atomic mass is 15.1. The lowest BCUT2D eigenvalue weighted by Gasteiger charge is -2.23. The minimum atomic E-state index is 0.213. The number of amidine groups is 1. The van der Waals surface area contributed by atoms with E-state index in [-0.39, 0.29) is 6.17 Å². The zero-order valence-electron chi connectivity index (χ0n) is 7.90. The Morgan fingerprint density at radius 2 is 2.07 bits per heavy atom. The van der Waals surface area contributed by atoms with Gasteiger partial charge in [0.05, 0.1) is 0 Å². The van der Waals surface area contributed by atoms with Gasteiger partial charge in [-0.05, 0) is 30.9 Å². The van der Waals surface area contributed by atoms with Crippen LogP contribution in [0.15, 0.2) is 29.3 Å². The molecule has 14 heavy (non-hydrogen) atoms. The van der Waals surface area contributed by atoms with E-state index in [2.05, 4.69) is 16.4 Å². The van der Waals surface area contributed by atoms with Gasteiger partial charge >= 0.3 is 0 Å². The molecule has 0 radical (unpaired) electrons. The molecule has 0 saturated heterocycles. The molecule has 0 spiro atoms. The molecule has 1 aliphatic carbocycles. The molecule has 3 N–H and O–H groups in total. The normalized spacial score (nSPS) is 24.9. The lowest BCUT2D eigenvalue weighted by atomic mass is 10.1. The molecule has 3 rings (SSSR count). The number of hydrogen-bond donors (Lipinski definition) is 2. The van der Waals surface area contributed by atoms with Crippen LogP contribution in [-0.2, 0) is 0 Å². The van der Waals surface area contributed by atoms with E-state index < -0.39 is 0 Å². The molecule has 0 aromatic heterocycles. The number of aliphatic imine (C=N–C) groups is 1. The summed E-state index contributed by atoms with van der Waals surface area (Å²) in [6.07, 6.45) is 2.76. The van der Waals surface area contributed by atoms with E-state index in [0.717, 1.165) is 11.3 Å². The number of anilines is 1. The molecule has 0 amide bonds. The van der Waals surface area contributed by atoms with Crippen molar-refractivity contribution in [3.05, 3.63) is 29.8 Å². The lowest BCUT2D eigenvalue weighted by Crippen LogP contribution is -2.31. The molecule has 3 heteroatoms. The highest BCUT2D eigenvalue weighted by Gasteiger charge is 2.33. The number of benzene rings is 1. The number of nitrogens with one attached hydrogen (secondary N) is 1. The minimum Gasteiger partial charge on any atom is -0.383 e. The van der Waals surface area contributed by atoms with Crippen LogP contribution in [0.1, 0.15) is 18.4 Å². The Kier molecular flexibility index (Phi) is 1.54. The first kappa shape index (κ1) is 7.85. The predicted molar refractivity (Wildman–Crippen MR) is 57.3 cm³/mol. The SMILES string of the molecule is NC1=NC(C2CC2)Nc2ccccc21. The number of fused-ring (bicyclic) bond motifs is 1. The van der Waals surface area contributed by atoms with Gasteiger partial charge in [-0.2, -0.15) is 0 Å². The van der Waals surface area contributed by atoms with E-state index in [1.54, 1.807) is 0 Å². The van der Waals surface area contributed by atoms with Crippen LogP contribution in [0.25, 0.3) is 0 Å². The fourth-order valence-corrected chi connectivity index (χ4v) is 1.88. The predicted octanol–water partition coefficient (Wildman–Crippen LogP) is 1.55. The number of rotatable bonds is 1. The number of para-hydroxylation sites is 1. The van der Waals surface area contributed by atoms with Gasteiger partial charge in [-0.15, -0.1) is 0 Å². The van der Waals surface area contributed by atoms with Crippen LogP contribution in [-0.4, -0.2) is 12.0 Å². The third-order valence-corrected chi connectivity index (χ3v) is 2.85. The van der Waals surface area contributed by atoms with Crippen molar-refractivity contribution in [1.29, 1.82) is 0 Å². The summed E-state index contributed by atoms with van der Waals surface area (Å²) >= 11 is 0. The van der Waals surface area contributed by atoms with E-state index in [9.17, 15) is 0 Å². The van der Waals surface area contributed by atoms with Gasteiger partial charge in [-0.1, -0.05) is 12.1 Å². The lowest BCUT2D eigenvalue weighted by molar-refractivity contribution is 0.661. The van der Waals surface area contributed by atoms with E-state index in [0.29, 0.717) is 11.8 Å². The molecule has 1 aliphatic heterocycles. The van der Waals surface area contributed by atoms with Crippen LogP contribution in [0.2, 0.25) is 0 Å². The van der Waals surface area contributed by atoms with Crippen molar-refractivity contribution in [3.63, 3.8) is 0 Å². The standard InChI is InChI=1S/C11H13N3/c12-10-8-3-1-2-4-9(8)13-11(14-10)7-5-6-7/h1-4,7,11,13H,5-6H2,(H2,12,14). The summed E-state index contributed by atoms with van der Waals surface area (Å²) in [6, 6.07) is 8.07. The molecule has 72 valence electrons. The molecule has 3 nitrogen and oxygen atoms in total. The number of nitrogens with zero attached hydrogens (tertiary/aromatic N) is 1. The maximum absolute atomic E-state index is 5.91. The summed E-state index contributed by atoms with van der Waals surface area (Å²) < 4.78 is 0. The van der Waals surface area contributed by atoms with Crippen molar-refractivity contribution < 1.29 is 0 Å². The summed E-state index contributed by atoms with van der Waals surface area (Å²) in [7, 11) is 0. The topological polar surface area (TPSA) is 50.4 Å². The minimum absolute atomic E-state index is 0.213. The van der Waals surface area contributed by atoms with Gasteiger partial charge in [-0.25, -0.2) is 4.99 Å². The van der Waals surface area contributed by atoms with Gasteiger partial charge in [0.2, 0.25) is 0 Å². The molecule has 2 aliphatic rings. The monoisotopic (exact) mass is 187 g/mol. The van der Waals surface area contributed by atoms with Crippen molar-refractivity contribution in [1.82, 2.24) is 0 Å². The number of hydrogen-bond acceptors (Lipinski definition) is 3. The Morgan fingerprint density at radius 1 is 1.29 bits per heavy atom. The van der Waals surface area contributed by atoms with Crippen molar-refractivity contribution >= 4 is 11.5 Å². The molecule has 1 saturated carbocycles. The summed E-state index contributed by atoms with van der Waals surface area (Å²) in [5.41, 5.74) is 8.07. The van der Waals surface area contributed by atoms with Crippen molar-refractivity contribution in [3.8, 4) is 0 Å². The fourth-order valence-electron chi connectivity index (χ4n) is 1.88. The average Bonchev–Trinajstić information content (AvgIpc) is 3.01.